The molecule has 7 rings (SSSR count). The number of rotatable bonds is 10. The molecule has 0 saturated heterocycles. The maximum atomic E-state index is 13.1. The summed E-state index contributed by atoms with van der Waals surface area (Å²) in [5, 5.41) is 15.8. The van der Waals surface area contributed by atoms with Crippen molar-refractivity contribution in [3.05, 3.63) is 92.6 Å². The highest BCUT2D eigenvalue weighted by molar-refractivity contribution is 6.36. The number of anilines is 1. The molecule has 1 aromatic heterocycles. The SMILES string of the molecule is COc1cc(OC2CCc3c(-c4cccc(NC(=O)c5nc6c(o5)CCN(C)C6)c4Cl)cccc32)c(Cl)cc1CNC1(C(=O)O)CC1Cl. The highest BCUT2D eigenvalue weighted by Crippen LogP contribution is 2.46. The van der Waals surface area contributed by atoms with Crippen LogP contribution >= 0.6 is 34.8 Å². The van der Waals surface area contributed by atoms with Gasteiger partial charge in [-0.3, -0.25) is 19.8 Å². The number of carboxylic acids is 1. The number of carbonyl (C=O) groups excluding carboxylic acids is 1. The number of nitrogens with zero attached hydrogens (tertiary/aromatic N) is 2. The molecule has 1 saturated carbocycles. The van der Waals surface area contributed by atoms with Crippen LogP contribution in [0.4, 0.5) is 5.69 Å². The Balaban J connectivity index is 1.09. The second-order valence-corrected chi connectivity index (χ2v) is 13.7. The van der Waals surface area contributed by atoms with E-state index < -0.39 is 22.8 Å². The number of ether oxygens (including phenoxy) is 2. The Kier molecular flexibility index (Phi) is 8.80. The zero-order valence-electron chi connectivity index (χ0n) is 26.2. The predicted octanol–water partition coefficient (Wildman–Crippen LogP) is 6.89. The van der Waals surface area contributed by atoms with Crippen LogP contribution < -0.4 is 20.1 Å². The molecule has 13 heteroatoms. The van der Waals surface area contributed by atoms with Crippen molar-refractivity contribution in [2.45, 2.75) is 55.8 Å². The monoisotopic (exact) mass is 710 g/mol. The Hall–Kier alpha value is -3.80. The van der Waals surface area contributed by atoms with E-state index in [0.29, 0.717) is 58.6 Å². The van der Waals surface area contributed by atoms with Crippen LogP contribution in [0.15, 0.2) is 52.9 Å². The van der Waals surface area contributed by atoms with Gasteiger partial charge in [-0.1, -0.05) is 53.5 Å². The van der Waals surface area contributed by atoms with E-state index in [1.807, 2.05) is 37.4 Å². The molecule has 3 N–H and O–H groups in total. The first-order valence-corrected chi connectivity index (χ1v) is 16.8. The normalized spacial score (nSPS) is 21.4. The molecule has 250 valence electrons. The van der Waals surface area contributed by atoms with E-state index in [-0.39, 0.29) is 18.5 Å². The van der Waals surface area contributed by atoms with Crippen molar-refractivity contribution in [3.8, 4) is 22.6 Å². The molecular formula is C35H33Cl3N4O6. The first-order chi connectivity index (χ1) is 23.1. The summed E-state index contributed by atoms with van der Waals surface area (Å²) in [6.07, 6.45) is 2.23. The van der Waals surface area contributed by atoms with Gasteiger partial charge < -0.3 is 24.3 Å². The summed E-state index contributed by atoms with van der Waals surface area (Å²) in [6, 6.07) is 15.0. The molecule has 4 aromatic rings. The molecule has 2 heterocycles. The molecule has 0 bridgehead atoms. The molecule has 1 fully saturated rings. The van der Waals surface area contributed by atoms with Crippen LogP contribution in [0.25, 0.3) is 11.1 Å². The second-order valence-electron chi connectivity index (χ2n) is 12.4. The molecule has 3 unspecified atom stereocenters. The van der Waals surface area contributed by atoms with Gasteiger partial charge in [-0.15, -0.1) is 11.6 Å². The van der Waals surface area contributed by atoms with Crippen LogP contribution in [0.2, 0.25) is 10.0 Å². The summed E-state index contributed by atoms with van der Waals surface area (Å²) in [7, 11) is 3.55. The number of carbonyl (C=O) groups is 2. The average molecular weight is 712 g/mol. The molecule has 48 heavy (non-hydrogen) atoms. The van der Waals surface area contributed by atoms with Crippen LogP contribution in [0.1, 0.15) is 57.8 Å². The minimum absolute atomic E-state index is 0.0212. The number of hydrogen-bond acceptors (Lipinski definition) is 8. The Labute approximate surface area is 292 Å². The lowest BCUT2D eigenvalue weighted by atomic mass is 9.96. The van der Waals surface area contributed by atoms with Gasteiger partial charge in [0.25, 0.3) is 5.89 Å². The Morgan fingerprint density at radius 3 is 2.65 bits per heavy atom. The van der Waals surface area contributed by atoms with E-state index in [1.165, 1.54) is 0 Å². The number of aromatic nitrogens is 1. The van der Waals surface area contributed by atoms with Crippen LogP contribution in [-0.4, -0.2) is 58.5 Å². The van der Waals surface area contributed by atoms with Crippen molar-refractivity contribution in [2.24, 2.45) is 0 Å². The topological polar surface area (TPSA) is 126 Å². The molecule has 3 aliphatic rings. The third kappa shape index (κ3) is 6.01. The van der Waals surface area contributed by atoms with Crippen molar-refractivity contribution in [1.29, 1.82) is 0 Å². The highest BCUT2D eigenvalue weighted by atomic mass is 35.5. The van der Waals surface area contributed by atoms with Crippen LogP contribution in [-0.2, 0) is 30.7 Å². The molecule has 0 radical (unpaired) electrons. The second kappa shape index (κ2) is 12.9. The van der Waals surface area contributed by atoms with Crippen LogP contribution in [0, 0.1) is 0 Å². The number of carboxylic acid groups (broad SMARTS) is 1. The predicted molar refractivity (Wildman–Crippen MR) is 183 cm³/mol. The maximum Gasteiger partial charge on any atom is 0.325 e. The van der Waals surface area contributed by atoms with E-state index in [4.69, 9.17) is 48.7 Å². The van der Waals surface area contributed by atoms with Gasteiger partial charge in [-0.25, -0.2) is 4.98 Å². The lowest BCUT2D eigenvalue weighted by Gasteiger charge is -2.20. The first kappa shape index (κ1) is 32.7. The van der Waals surface area contributed by atoms with Gasteiger partial charge in [0.1, 0.15) is 28.9 Å². The molecule has 1 amide bonds. The molecule has 3 atom stereocenters. The number of fused-ring (bicyclic) bond motifs is 2. The molecular weight excluding hydrogens is 679 g/mol. The largest absolute Gasteiger partial charge is 0.496 e. The zero-order chi connectivity index (χ0) is 33.7. The van der Waals surface area contributed by atoms with Crippen molar-refractivity contribution < 1.29 is 28.6 Å². The van der Waals surface area contributed by atoms with E-state index in [9.17, 15) is 14.7 Å². The van der Waals surface area contributed by atoms with Crippen LogP contribution in [0.3, 0.4) is 0 Å². The summed E-state index contributed by atoms with van der Waals surface area (Å²) >= 11 is 19.7. The average Bonchev–Trinajstić information content (AvgIpc) is 3.35. The molecule has 3 aromatic carbocycles. The van der Waals surface area contributed by atoms with E-state index >= 15 is 0 Å². The van der Waals surface area contributed by atoms with Gasteiger partial charge in [0.15, 0.2) is 0 Å². The third-order valence-corrected chi connectivity index (χ3v) is 10.6. The van der Waals surface area contributed by atoms with Gasteiger partial charge in [-0.05, 0) is 55.1 Å². The summed E-state index contributed by atoms with van der Waals surface area (Å²) < 4.78 is 17.9. The number of likely N-dealkylation sites (N-methyl/N-ethyl adjacent to an activating group) is 1. The molecule has 0 spiro atoms. The van der Waals surface area contributed by atoms with Crippen molar-refractivity contribution in [2.75, 3.05) is 26.0 Å². The number of alkyl halides is 1. The number of methoxy groups -OCH3 is 1. The fraction of sp³-hybridized carbons (Fsp3) is 0.343. The van der Waals surface area contributed by atoms with Crippen molar-refractivity contribution in [1.82, 2.24) is 15.2 Å². The van der Waals surface area contributed by atoms with Gasteiger partial charge >= 0.3 is 11.9 Å². The number of nitrogens with one attached hydrogen (secondary N) is 2. The number of hydrogen-bond donors (Lipinski definition) is 3. The smallest absolute Gasteiger partial charge is 0.325 e. The van der Waals surface area contributed by atoms with E-state index in [2.05, 4.69) is 20.5 Å². The lowest BCUT2D eigenvalue weighted by molar-refractivity contribution is -0.140. The molecule has 1 aliphatic heterocycles. The number of halogens is 3. The van der Waals surface area contributed by atoms with Crippen molar-refractivity contribution >= 4 is 52.4 Å². The lowest BCUT2D eigenvalue weighted by Crippen LogP contribution is -2.41. The van der Waals surface area contributed by atoms with Gasteiger partial charge in [-0.2, -0.15) is 0 Å². The highest BCUT2D eigenvalue weighted by Gasteiger charge is 2.59. The minimum Gasteiger partial charge on any atom is -0.496 e. The van der Waals surface area contributed by atoms with Gasteiger partial charge in [0.2, 0.25) is 0 Å². The third-order valence-electron chi connectivity index (χ3n) is 9.32. The van der Waals surface area contributed by atoms with Gasteiger partial charge in [0, 0.05) is 43.2 Å². The summed E-state index contributed by atoms with van der Waals surface area (Å²) in [6.45, 7) is 1.70. The number of oxazole rings is 1. The standard InChI is InChI=1S/C35H33Cl3N4O6/c1-42-12-11-27-25(17-42)41-33(48-27)32(43)40-24-8-4-7-22(31(24)38)19-5-3-6-21-20(19)9-10-26(21)47-29-14-28(46-2)18(13-23(29)36)16-39-35(34(44)45)15-30(35)37/h3-8,13-14,26,30,39H,9-12,15-17H2,1-2H3,(H,40,43)(H,44,45). The fourth-order valence-corrected chi connectivity index (χ4v) is 7.45. The Morgan fingerprint density at radius 2 is 1.90 bits per heavy atom. The molecule has 2 aliphatic carbocycles. The minimum atomic E-state index is -1.15. The summed E-state index contributed by atoms with van der Waals surface area (Å²) in [4.78, 5) is 31.4. The van der Waals surface area contributed by atoms with E-state index in [1.54, 1.807) is 25.3 Å². The Bertz CT molecular complexity index is 1930. The Morgan fingerprint density at radius 1 is 1.12 bits per heavy atom. The molecule has 10 nitrogen and oxygen atoms in total. The number of benzene rings is 3. The number of amides is 1. The van der Waals surface area contributed by atoms with Gasteiger partial charge in [0.05, 0.1) is 33.9 Å². The van der Waals surface area contributed by atoms with Crippen molar-refractivity contribution in [3.63, 3.8) is 0 Å². The zero-order valence-corrected chi connectivity index (χ0v) is 28.5. The number of aliphatic carboxylic acids is 1. The summed E-state index contributed by atoms with van der Waals surface area (Å²) in [5.41, 5.74) is 4.63. The maximum absolute atomic E-state index is 13.1. The van der Waals surface area contributed by atoms with Crippen LogP contribution in [0.5, 0.6) is 11.5 Å². The first-order valence-electron chi connectivity index (χ1n) is 15.6. The summed E-state index contributed by atoms with van der Waals surface area (Å²) in [5.74, 6) is 0.301. The van der Waals surface area contributed by atoms with E-state index in [0.717, 1.165) is 46.7 Å². The fourth-order valence-electron chi connectivity index (χ4n) is 6.53. The quantitative estimate of drug-likeness (QED) is 0.151.